The lowest BCUT2D eigenvalue weighted by molar-refractivity contribution is -0.173. The Balaban J connectivity index is 0.979. The van der Waals surface area contributed by atoms with Gasteiger partial charge in [0.1, 0.15) is 12.4 Å². The molecule has 1 aromatic heterocycles. The van der Waals surface area contributed by atoms with E-state index < -0.39 is 6.04 Å². The Bertz CT molecular complexity index is 1300. The van der Waals surface area contributed by atoms with Crippen LogP contribution < -0.4 is 19.5 Å². The summed E-state index contributed by atoms with van der Waals surface area (Å²) < 4.78 is 35.1. The molecular formula is C26H23FN2O6. The van der Waals surface area contributed by atoms with E-state index in [0.29, 0.717) is 18.1 Å². The molecule has 2 heterocycles. The zero-order valence-corrected chi connectivity index (χ0v) is 19.0. The Morgan fingerprint density at radius 1 is 1.09 bits per heavy atom. The number of aromatic nitrogens is 1. The summed E-state index contributed by atoms with van der Waals surface area (Å²) in [7, 11) is 0. The second-order valence-corrected chi connectivity index (χ2v) is 9.81. The fourth-order valence-corrected chi connectivity index (χ4v) is 5.50. The van der Waals surface area contributed by atoms with Crippen LogP contribution in [0.5, 0.6) is 17.2 Å². The quantitative estimate of drug-likeness (QED) is 0.511. The highest BCUT2D eigenvalue weighted by Gasteiger charge is 2.68. The number of hydrogen-bond acceptors (Lipinski definition) is 7. The molecule has 1 N–H and O–H groups in total. The summed E-state index contributed by atoms with van der Waals surface area (Å²) in [6.07, 6.45) is 4.06. The first-order chi connectivity index (χ1) is 16.7. The molecule has 180 valence electrons. The normalized spacial score (nSPS) is 27.5. The van der Waals surface area contributed by atoms with Crippen molar-refractivity contribution in [2.75, 3.05) is 6.61 Å². The first kappa shape index (κ1) is 21.6. The number of oxazole rings is 1. The number of hydrogen-bond donors (Lipinski definition) is 1. The van der Waals surface area contributed by atoms with Gasteiger partial charge in [-0.25, -0.2) is 4.98 Å². The Morgan fingerprint density at radius 3 is 2.60 bits per heavy atom. The molecule has 0 spiro atoms. The maximum atomic E-state index is 13.8. The summed E-state index contributed by atoms with van der Waals surface area (Å²) in [5.74, 6) is 1.17. The summed E-state index contributed by atoms with van der Waals surface area (Å²) in [6.45, 7) is 1.08. The summed E-state index contributed by atoms with van der Waals surface area (Å²) >= 11 is 0. The van der Waals surface area contributed by atoms with E-state index in [2.05, 4.69) is 10.3 Å². The number of rotatable bonds is 8. The van der Waals surface area contributed by atoms with Crippen molar-refractivity contribution in [3.63, 3.8) is 0 Å². The average Bonchev–Trinajstić information content (AvgIpc) is 3.39. The van der Waals surface area contributed by atoms with E-state index in [4.69, 9.17) is 18.6 Å². The first-order valence-corrected chi connectivity index (χ1v) is 11.4. The molecular weight excluding hydrogens is 455 g/mol. The molecule has 7 rings (SSSR count). The van der Waals surface area contributed by atoms with Crippen LogP contribution in [0.15, 0.2) is 59.1 Å². The lowest BCUT2D eigenvalue weighted by atomic mass is 9.38. The molecule has 3 aliphatic carbocycles. The number of Topliss-reactive ketones (excluding diaryl/α,β-unsaturated/α-hetero) is 1. The van der Waals surface area contributed by atoms with Crippen LogP contribution in [-0.4, -0.2) is 34.9 Å². The largest absolute Gasteiger partial charge is 0.486 e. The third kappa shape index (κ3) is 4.00. The third-order valence-corrected chi connectivity index (χ3v) is 6.74. The monoisotopic (exact) mass is 478 g/mol. The fraction of sp³-hybridized carbons (Fsp3) is 0.346. The standard InChI is InChI=1S/C26H23FN2O6/c1-24(27)34-19-8-7-18(9-20(19)35-24)32-12-17(30)10-25-13-26(14-25,15-25)29-22(31)21-11-28-23(33-21)16-5-3-2-4-6-16/h2-9,11H,10,12-15H2,1H3,(H,29,31). The highest BCUT2D eigenvalue weighted by Crippen LogP contribution is 2.69. The van der Waals surface area contributed by atoms with E-state index >= 15 is 0 Å². The SMILES string of the molecule is CC1(F)Oc2ccc(OCC(=O)CC34CC(NC(=O)c5cnc(-c6ccccc6)o5)(C3)C4)cc2O1. The lowest BCUT2D eigenvalue weighted by Gasteiger charge is -2.70. The van der Waals surface area contributed by atoms with Crippen LogP contribution in [0.3, 0.4) is 0 Å². The van der Waals surface area contributed by atoms with Gasteiger partial charge in [0.15, 0.2) is 17.3 Å². The third-order valence-electron chi connectivity index (χ3n) is 6.74. The van der Waals surface area contributed by atoms with E-state index in [1.54, 1.807) is 12.1 Å². The zero-order chi connectivity index (χ0) is 24.3. The maximum Gasteiger partial charge on any atom is 0.404 e. The molecule has 1 atom stereocenters. The van der Waals surface area contributed by atoms with Gasteiger partial charge in [0.05, 0.1) is 6.20 Å². The van der Waals surface area contributed by atoms with Crippen molar-refractivity contribution in [3.05, 3.63) is 60.5 Å². The van der Waals surface area contributed by atoms with Crippen LogP contribution >= 0.6 is 0 Å². The number of nitrogens with zero attached hydrogens (tertiary/aromatic N) is 1. The number of halogens is 1. The number of fused-ring (bicyclic) bond motifs is 1. The minimum absolute atomic E-state index is 0.0274. The van der Waals surface area contributed by atoms with Gasteiger partial charge >= 0.3 is 6.04 Å². The molecule has 2 bridgehead atoms. The average molecular weight is 478 g/mol. The molecule has 2 aromatic carbocycles. The number of alkyl halides is 1. The van der Waals surface area contributed by atoms with Gasteiger partial charge < -0.3 is 23.9 Å². The van der Waals surface area contributed by atoms with Crippen LogP contribution in [0.2, 0.25) is 0 Å². The van der Waals surface area contributed by atoms with Crippen LogP contribution in [-0.2, 0) is 4.79 Å². The van der Waals surface area contributed by atoms with Crippen molar-refractivity contribution in [1.82, 2.24) is 10.3 Å². The fourth-order valence-electron chi connectivity index (χ4n) is 5.50. The summed E-state index contributed by atoms with van der Waals surface area (Å²) in [6, 6.07) is 11.8. The Labute approximate surface area is 200 Å². The van der Waals surface area contributed by atoms with Gasteiger partial charge in [0.2, 0.25) is 11.7 Å². The van der Waals surface area contributed by atoms with Crippen molar-refractivity contribution in [2.24, 2.45) is 5.41 Å². The van der Waals surface area contributed by atoms with Gasteiger partial charge in [-0.1, -0.05) is 18.2 Å². The first-order valence-electron chi connectivity index (χ1n) is 11.4. The van der Waals surface area contributed by atoms with Gasteiger partial charge in [-0.15, -0.1) is 0 Å². The van der Waals surface area contributed by atoms with Crippen LogP contribution in [0.25, 0.3) is 11.5 Å². The van der Waals surface area contributed by atoms with Crippen LogP contribution in [0, 0.1) is 5.41 Å². The summed E-state index contributed by atoms with van der Waals surface area (Å²) in [5.41, 5.74) is 0.433. The predicted octanol–water partition coefficient (Wildman–Crippen LogP) is 4.45. The molecule has 1 unspecified atom stereocenters. The van der Waals surface area contributed by atoms with Gasteiger partial charge in [-0.2, -0.15) is 4.39 Å². The van der Waals surface area contributed by atoms with E-state index in [1.165, 1.54) is 19.2 Å². The zero-order valence-electron chi connectivity index (χ0n) is 19.0. The molecule has 3 aromatic rings. The number of carbonyl (C=O) groups is 2. The second-order valence-electron chi connectivity index (χ2n) is 9.81. The predicted molar refractivity (Wildman–Crippen MR) is 121 cm³/mol. The smallest absolute Gasteiger partial charge is 0.404 e. The van der Waals surface area contributed by atoms with E-state index in [9.17, 15) is 14.0 Å². The number of nitrogens with one attached hydrogen (secondary N) is 1. The Hall–Kier alpha value is -3.88. The highest BCUT2D eigenvalue weighted by atomic mass is 19.2. The van der Waals surface area contributed by atoms with Crippen molar-refractivity contribution < 1.29 is 32.6 Å². The van der Waals surface area contributed by atoms with Crippen LogP contribution in [0.1, 0.15) is 43.2 Å². The number of ketones is 1. The van der Waals surface area contributed by atoms with Crippen molar-refractivity contribution >= 4 is 11.7 Å². The minimum Gasteiger partial charge on any atom is -0.486 e. The molecule has 0 saturated heterocycles. The van der Waals surface area contributed by atoms with Crippen molar-refractivity contribution in [1.29, 1.82) is 0 Å². The summed E-state index contributed by atoms with van der Waals surface area (Å²) in [5, 5.41) is 3.05. The molecule has 35 heavy (non-hydrogen) atoms. The molecule has 8 nitrogen and oxygen atoms in total. The molecule has 3 fully saturated rings. The molecule has 3 saturated carbocycles. The second kappa shape index (κ2) is 7.56. The topological polar surface area (TPSA) is 99.9 Å². The Morgan fingerprint density at radius 2 is 1.83 bits per heavy atom. The van der Waals surface area contributed by atoms with Gasteiger partial charge in [0.25, 0.3) is 5.91 Å². The van der Waals surface area contributed by atoms with E-state index in [1.807, 2.05) is 30.3 Å². The summed E-state index contributed by atoms with van der Waals surface area (Å²) in [4.78, 5) is 29.4. The minimum atomic E-state index is -2.20. The molecule has 0 radical (unpaired) electrons. The molecule has 1 amide bonds. The maximum absolute atomic E-state index is 13.8. The molecule has 4 aliphatic rings. The van der Waals surface area contributed by atoms with E-state index in [-0.39, 0.29) is 46.5 Å². The van der Waals surface area contributed by atoms with Gasteiger partial charge in [-0.3, -0.25) is 9.59 Å². The van der Waals surface area contributed by atoms with Gasteiger partial charge in [0, 0.05) is 30.5 Å². The molecule has 9 heteroatoms. The number of ether oxygens (including phenoxy) is 3. The van der Waals surface area contributed by atoms with Gasteiger partial charge in [-0.05, 0) is 48.9 Å². The molecule has 1 aliphatic heterocycles. The Kier molecular flexibility index (Phi) is 4.67. The van der Waals surface area contributed by atoms with Crippen molar-refractivity contribution in [2.45, 2.75) is 44.2 Å². The van der Waals surface area contributed by atoms with Crippen LogP contribution in [0.4, 0.5) is 4.39 Å². The highest BCUT2D eigenvalue weighted by molar-refractivity contribution is 5.92. The number of carbonyl (C=O) groups excluding carboxylic acids is 2. The number of amides is 1. The lowest BCUT2D eigenvalue weighted by Crippen LogP contribution is -2.75. The van der Waals surface area contributed by atoms with Crippen molar-refractivity contribution in [3.8, 4) is 28.7 Å². The number of benzene rings is 2. The van der Waals surface area contributed by atoms with E-state index in [0.717, 1.165) is 24.8 Å².